The molecule has 1 unspecified atom stereocenters. The third kappa shape index (κ3) is 5.54. The molecule has 1 aliphatic rings. The molecule has 1 aliphatic carbocycles. The molecule has 0 bridgehead atoms. The quantitative estimate of drug-likeness (QED) is 0.478. The highest BCUT2D eigenvalue weighted by molar-refractivity contribution is 7.91. The van der Waals surface area contributed by atoms with Crippen molar-refractivity contribution in [2.75, 3.05) is 11.1 Å². The summed E-state index contributed by atoms with van der Waals surface area (Å²) in [6, 6.07) is 14.4. The zero-order valence-corrected chi connectivity index (χ0v) is 19.3. The van der Waals surface area contributed by atoms with E-state index in [0.29, 0.717) is 5.56 Å². The van der Waals surface area contributed by atoms with Gasteiger partial charge in [0.05, 0.1) is 12.2 Å². The highest BCUT2D eigenvalue weighted by Gasteiger charge is 2.56. The molecule has 1 saturated carbocycles. The Hall–Kier alpha value is -3.24. The Balaban J connectivity index is 1.43. The zero-order valence-electron chi connectivity index (χ0n) is 18.5. The molecule has 184 valence electrons. The fourth-order valence-electron chi connectivity index (χ4n) is 3.74. The first-order chi connectivity index (χ1) is 16.5. The van der Waals surface area contributed by atoms with Crippen LogP contribution in [0.2, 0.25) is 0 Å². The molecular formula is C25H23F3N2O4S. The number of nitrogens with zero attached hydrogens (tertiary/aromatic N) is 1. The van der Waals surface area contributed by atoms with Crippen LogP contribution in [-0.4, -0.2) is 36.3 Å². The van der Waals surface area contributed by atoms with Gasteiger partial charge in [-0.3, -0.25) is 4.79 Å². The van der Waals surface area contributed by atoms with E-state index in [4.69, 9.17) is 0 Å². The minimum Gasteiger partial charge on any atom is -0.372 e. The Labute approximate surface area is 200 Å². The Bertz CT molecular complexity index is 1290. The van der Waals surface area contributed by atoms with Crippen LogP contribution in [0.3, 0.4) is 0 Å². The van der Waals surface area contributed by atoms with E-state index in [0.717, 1.165) is 25.0 Å². The van der Waals surface area contributed by atoms with Gasteiger partial charge in [-0.25, -0.2) is 13.4 Å². The number of sulfone groups is 1. The van der Waals surface area contributed by atoms with E-state index in [-0.39, 0.29) is 39.9 Å². The molecule has 1 amide bonds. The Kier molecular flexibility index (Phi) is 6.70. The Morgan fingerprint density at radius 3 is 2.14 bits per heavy atom. The van der Waals surface area contributed by atoms with Crippen molar-refractivity contribution in [1.82, 2.24) is 4.98 Å². The summed E-state index contributed by atoms with van der Waals surface area (Å²) in [5, 5.41) is 13.2. The highest BCUT2D eigenvalue weighted by Crippen LogP contribution is 2.44. The molecule has 1 fully saturated rings. The Morgan fingerprint density at radius 1 is 0.971 bits per heavy atom. The molecule has 0 aliphatic heterocycles. The lowest BCUT2D eigenvalue weighted by Crippen LogP contribution is -2.43. The molecule has 0 spiro atoms. The summed E-state index contributed by atoms with van der Waals surface area (Å²) in [6.45, 7) is 0. The van der Waals surface area contributed by atoms with Gasteiger partial charge in [-0.1, -0.05) is 48.5 Å². The van der Waals surface area contributed by atoms with Crippen molar-refractivity contribution in [3.8, 4) is 0 Å². The standard InChI is InChI=1S/C25H23F3N2O4S/c26-25(27,28)24(32,19-4-2-1-3-5-19)20-9-11-21(12-10-20)30-22(31)14-18-8-13-23(29-15-18)35(33,34)16-17-6-7-17/h1-5,8-13,15,17,32H,6-7,14,16H2,(H,30,31). The van der Waals surface area contributed by atoms with E-state index in [9.17, 15) is 31.5 Å². The maximum atomic E-state index is 13.8. The number of carbonyl (C=O) groups is 1. The molecule has 6 nitrogen and oxygen atoms in total. The molecule has 3 aromatic rings. The first-order valence-corrected chi connectivity index (χ1v) is 12.6. The average molecular weight is 505 g/mol. The molecule has 4 rings (SSSR count). The predicted molar refractivity (Wildman–Crippen MR) is 123 cm³/mol. The van der Waals surface area contributed by atoms with Crippen molar-refractivity contribution in [2.45, 2.75) is 36.1 Å². The van der Waals surface area contributed by atoms with Gasteiger partial charge in [0.15, 0.2) is 14.9 Å². The van der Waals surface area contributed by atoms with Crippen LogP contribution in [0.15, 0.2) is 78.0 Å². The summed E-state index contributed by atoms with van der Waals surface area (Å²) in [5.74, 6) is -0.190. The van der Waals surface area contributed by atoms with Crippen LogP contribution >= 0.6 is 0 Å². The van der Waals surface area contributed by atoms with Gasteiger partial charge in [0.2, 0.25) is 11.5 Å². The molecule has 0 radical (unpaired) electrons. The molecule has 0 saturated heterocycles. The van der Waals surface area contributed by atoms with E-state index in [1.807, 2.05) is 0 Å². The number of aliphatic hydroxyl groups is 1. The first kappa shape index (κ1) is 24.9. The van der Waals surface area contributed by atoms with Crippen LogP contribution in [0, 0.1) is 5.92 Å². The van der Waals surface area contributed by atoms with E-state index in [2.05, 4.69) is 10.3 Å². The number of hydrogen-bond donors (Lipinski definition) is 2. The number of hydrogen-bond acceptors (Lipinski definition) is 5. The molecule has 35 heavy (non-hydrogen) atoms. The number of amides is 1. The van der Waals surface area contributed by atoms with E-state index in [1.54, 1.807) is 6.07 Å². The van der Waals surface area contributed by atoms with Crippen molar-refractivity contribution in [3.63, 3.8) is 0 Å². The van der Waals surface area contributed by atoms with Crippen molar-refractivity contribution in [1.29, 1.82) is 0 Å². The lowest BCUT2D eigenvalue weighted by Gasteiger charge is -2.31. The molecule has 1 aromatic heterocycles. The van der Waals surface area contributed by atoms with Crippen molar-refractivity contribution in [2.24, 2.45) is 5.92 Å². The molecular weight excluding hydrogens is 481 g/mol. The fraction of sp³-hybridized carbons (Fsp3) is 0.280. The van der Waals surface area contributed by atoms with Crippen LogP contribution in [0.4, 0.5) is 18.9 Å². The number of carbonyl (C=O) groups excluding carboxylic acids is 1. The summed E-state index contributed by atoms with van der Waals surface area (Å²) in [4.78, 5) is 16.4. The lowest BCUT2D eigenvalue weighted by molar-refractivity contribution is -0.248. The molecule has 2 aromatic carbocycles. The Morgan fingerprint density at radius 2 is 1.60 bits per heavy atom. The predicted octanol–water partition coefficient (Wildman–Crippen LogP) is 4.24. The number of rotatable bonds is 8. The summed E-state index contributed by atoms with van der Waals surface area (Å²) < 4.78 is 66.1. The van der Waals surface area contributed by atoms with Crippen LogP contribution in [0.5, 0.6) is 0 Å². The smallest absolute Gasteiger partial charge is 0.372 e. The monoisotopic (exact) mass is 504 g/mol. The number of benzene rings is 2. The molecule has 2 N–H and O–H groups in total. The number of alkyl halides is 3. The topological polar surface area (TPSA) is 96.4 Å². The first-order valence-electron chi connectivity index (χ1n) is 10.9. The van der Waals surface area contributed by atoms with E-state index < -0.39 is 27.5 Å². The summed E-state index contributed by atoms with van der Waals surface area (Å²) in [5.41, 5.74) is -3.18. The third-order valence-corrected chi connectivity index (χ3v) is 7.61. The second kappa shape index (κ2) is 9.43. The second-order valence-electron chi connectivity index (χ2n) is 8.61. The van der Waals surface area contributed by atoms with Gasteiger partial charge in [-0.2, -0.15) is 13.2 Å². The number of aromatic nitrogens is 1. The van der Waals surface area contributed by atoms with Crippen LogP contribution in [-0.2, 0) is 26.7 Å². The van der Waals surface area contributed by atoms with Crippen molar-refractivity contribution >= 4 is 21.4 Å². The number of halogens is 3. The van der Waals surface area contributed by atoms with E-state index in [1.165, 1.54) is 54.7 Å². The van der Waals surface area contributed by atoms with Crippen molar-refractivity contribution in [3.05, 3.63) is 89.6 Å². The minimum absolute atomic E-state index is 0.0280. The maximum absolute atomic E-state index is 13.8. The van der Waals surface area contributed by atoms with Gasteiger partial charge >= 0.3 is 6.18 Å². The molecule has 10 heteroatoms. The van der Waals surface area contributed by atoms with Gasteiger partial charge in [0, 0.05) is 11.9 Å². The van der Waals surface area contributed by atoms with Crippen LogP contribution in [0.25, 0.3) is 0 Å². The summed E-state index contributed by atoms with van der Waals surface area (Å²) in [7, 11) is -3.45. The number of pyridine rings is 1. The highest BCUT2D eigenvalue weighted by atomic mass is 32.2. The maximum Gasteiger partial charge on any atom is 0.425 e. The largest absolute Gasteiger partial charge is 0.425 e. The average Bonchev–Trinajstić information content (AvgIpc) is 3.62. The normalized spacial score (nSPS) is 15.9. The second-order valence-corrected chi connectivity index (χ2v) is 10.6. The number of nitrogens with one attached hydrogen (secondary N) is 1. The summed E-state index contributed by atoms with van der Waals surface area (Å²) in [6.07, 6.45) is -1.94. The molecule has 1 atom stereocenters. The van der Waals surface area contributed by atoms with E-state index >= 15 is 0 Å². The summed E-state index contributed by atoms with van der Waals surface area (Å²) >= 11 is 0. The van der Waals surface area contributed by atoms with Crippen LogP contribution in [0.1, 0.15) is 29.5 Å². The zero-order chi connectivity index (χ0) is 25.3. The molecule has 1 heterocycles. The minimum atomic E-state index is -4.97. The third-order valence-electron chi connectivity index (χ3n) is 5.82. The SMILES string of the molecule is O=C(Cc1ccc(S(=O)(=O)CC2CC2)nc1)Nc1ccc(C(O)(c2ccccc2)C(F)(F)F)cc1. The number of anilines is 1. The van der Waals surface area contributed by atoms with Crippen LogP contribution < -0.4 is 5.32 Å². The van der Waals surface area contributed by atoms with Gasteiger partial charge in [-0.05, 0) is 53.6 Å². The lowest BCUT2D eigenvalue weighted by atomic mass is 9.85. The fourth-order valence-corrected chi connectivity index (χ4v) is 5.35. The van der Waals surface area contributed by atoms with Gasteiger partial charge in [0.1, 0.15) is 0 Å². The van der Waals surface area contributed by atoms with Gasteiger partial charge in [0.25, 0.3) is 0 Å². The van der Waals surface area contributed by atoms with Gasteiger partial charge < -0.3 is 10.4 Å². The van der Waals surface area contributed by atoms with Gasteiger partial charge in [-0.15, -0.1) is 0 Å². The van der Waals surface area contributed by atoms with Crippen molar-refractivity contribution < 1.29 is 31.5 Å².